The number of aryl methyl sites for hydroxylation is 2. The Bertz CT molecular complexity index is 782. The smallest absolute Gasteiger partial charge is 0.338 e. The van der Waals surface area contributed by atoms with Crippen molar-refractivity contribution in [2.45, 2.75) is 13.8 Å². The minimum Gasteiger partial charge on any atom is -0.452 e. The van der Waals surface area contributed by atoms with Crippen LogP contribution in [0.3, 0.4) is 0 Å². The van der Waals surface area contributed by atoms with Crippen LogP contribution in [0.15, 0.2) is 42.5 Å². The molecule has 0 saturated heterocycles. The number of esters is 1. The van der Waals surface area contributed by atoms with Gasteiger partial charge in [-0.1, -0.05) is 17.7 Å². The van der Waals surface area contributed by atoms with Gasteiger partial charge in [0.05, 0.1) is 5.56 Å². The molecule has 2 aromatic carbocycles. The number of primary amides is 1. The molecule has 6 heteroatoms. The molecule has 0 saturated carbocycles. The van der Waals surface area contributed by atoms with Crippen LogP contribution in [0.2, 0.25) is 0 Å². The second-order valence-electron chi connectivity index (χ2n) is 5.38. The Balaban J connectivity index is 1.90. The molecule has 24 heavy (non-hydrogen) atoms. The molecule has 0 radical (unpaired) electrons. The third-order valence-electron chi connectivity index (χ3n) is 3.39. The number of rotatable bonds is 5. The molecule has 0 aliphatic carbocycles. The molecule has 0 unspecified atom stereocenters. The van der Waals surface area contributed by atoms with Crippen LogP contribution in [-0.2, 0) is 9.53 Å². The summed E-state index contributed by atoms with van der Waals surface area (Å²) in [7, 11) is 0. The first kappa shape index (κ1) is 17.2. The number of nitrogens with two attached hydrogens (primary N) is 1. The molecule has 0 bridgehead atoms. The Morgan fingerprint density at radius 3 is 2.29 bits per heavy atom. The Morgan fingerprint density at radius 2 is 1.71 bits per heavy atom. The first-order chi connectivity index (χ1) is 11.4. The monoisotopic (exact) mass is 326 g/mol. The number of nitrogens with one attached hydrogen (secondary N) is 1. The zero-order valence-corrected chi connectivity index (χ0v) is 13.5. The fourth-order valence-corrected chi connectivity index (χ4v) is 2.17. The summed E-state index contributed by atoms with van der Waals surface area (Å²) < 4.78 is 5.02. The van der Waals surface area contributed by atoms with E-state index < -0.39 is 24.4 Å². The molecule has 2 rings (SSSR count). The molecule has 124 valence electrons. The number of carbonyl (C=O) groups excluding carboxylic acids is 3. The highest BCUT2D eigenvalue weighted by Gasteiger charge is 2.13. The highest BCUT2D eigenvalue weighted by Crippen LogP contribution is 2.12. The first-order valence-corrected chi connectivity index (χ1v) is 7.31. The van der Waals surface area contributed by atoms with E-state index in [1.54, 1.807) is 18.2 Å². The molecule has 0 fully saturated rings. The summed E-state index contributed by atoms with van der Waals surface area (Å²) in [4.78, 5) is 34.8. The average molecular weight is 326 g/mol. The summed E-state index contributed by atoms with van der Waals surface area (Å²) in [5, 5.41) is 2.57. The minimum atomic E-state index is -0.549. The second kappa shape index (κ2) is 7.41. The summed E-state index contributed by atoms with van der Waals surface area (Å²) in [6.45, 7) is 3.34. The van der Waals surface area contributed by atoms with Crippen molar-refractivity contribution in [1.82, 2.24) is 0 Å². The molecule has 0 atom stereocenters. The van der Waals surface area contributed by atoms with Crippen LogP contribution in [0.5, 0.6) is 0 Å². The highest BCUT2D eigenvalue weighted by atomic mass is 16.5. The van der Waals surface area contributed by atoms with Crippen LogP contribution < -0.4 is 11.1 Å². The number of anilines is 1. The molecule has 0 aromatic heterocycles. The number of amides is 2. The van der Waals surface area contributed by atoms with Crippen LogP contribution >= 0.6 is 0 Å². The molecule has 2 aromatic rings. The third-order valence-corrected chi connectivity index (χ3v) is 3.39. The lowest BCUT2D eigenvalue weighted by atomic mass is 10.1. The van der Waals surface area contributed by atoms with Gasteiger partial charge in [0.25, 0.3) is 5.91 Å². The Hall–Kier alpha value is -3.15. The van der Waals surface area contributed by atoms with Crippen LogP contribution in [-0.4, -0.2) is 24.4 Å². The van der Waals surface area contributed by atoms with Crippen molar-refractivity contribution in [1.29, 1.82) is 0 Å². The minimum absolute atomic E-state index is 0.342. The van der Waals surface area contributed by atoms with E-state index in [1.807, 2.05) is 26.0 Å². The van der Waals surface area contributed by atoms with Gasteiger partial charge >= 0.3 is 5.97 Å². The molecule has 3 N–H and O–H groups in total. The van der Waals surface area contributed by atoms with Gasteiger partial charge in [-0.3, -0.25) is 9.59 Å². The largest absolute Gasteiger partial charge is 0.452 e. The van der Waals surface area contributed by atoms with Crippen LogP contribution in [0.25, 0.3) is 0 Å². The fraction of sp³-hybridized carbons (Fsp3) is 0.167. The maximum absolute atomic E-state index is 12.0. The van der Waals surface area contributed by atoms with Crippen molar-refractivity contribution in [2.75, 3.05) is 11.9 Å². The lowest BCUT2D eigenvalue weighted by Crippen LogP contribution is -2.21. The number of benzene rings is 2. The molecular formula is C18H18N2O4. The second-order valence-corrected chi connectivity index (χ2v) is 5.38. The number of carbonyl (C=O) groups is 3. The number of hydrogen-bond donors (Lipinski definition) is 2. The van der Waals surface area contributed by atoms with Gasteiger partial charge in [0.1, 0.15) is 0 Å². The van der Waals surface area contributed by atoms with Crippen molar-refractivity contribution in [3.05, 3.63) is 64.7 Å². The van der Waals surface area contributed by atoms with Crippen LogP contribution in [0, 0.1) is 13.8 Å². The van der Waals surface area contributed by atoms with E-state index in [9.17, 15) is 14.4 Å². The summed E-state index contributed by atoms with van der Waals surface area (Å²) >= 11 is 0. The topological polar surface area (TPSA) is 98.5 Å². The predicted octanol–water partition coefficient (Wildman–Crippen LogP) is 2.20. The van der Waals surface area contributed by atoms with Crippen LogP contribution in [0.1, 0.15) is 31.8 Å². The van der Waals surface area contributed by atoms with Crippen LogP contribution in [0.4, 0.5) is 5.69 Å². The van der Waals surface area contributed by atoms with E-state index in [0.717, 1.165) is 11.1 Å². The summed E-state index contributed by atoms with van der Waals surface area (Å²) in [6.07, 6.45) is 0. The van der Waals surface area contributed by atoms with Crippen molar-refractivity contribution < 1.29 is 19.1 Å². The van der Waals surface area contributed by atoms with E-state index in [4.69, 9.17) is 10.5 Å². The average Bonchev–Trinajstić information content (AvgIpc) is 2.53. The normalized spacial score (nSPS) is 10.1. The molecule has 0 heterocycles. The van der Waals surface area contributed by atoms with Crippen molar-refractivity contribution in [3.8, 4) is 0 Å². The lowest BCUT2D eigenvalue weighted by Gasteiger charge is -2.09. The van der Waals surface area contributed by atoms with E-state index in [2.05, 4.69) is 5.32 Å². The fourth-order valence-electron chi connectivity index (χ4n) is 2.17. The van der Waals surface area contributed by atoms with Gasteiger partial charge in [-0.15, -0.1) is 0 Å². The Morgan fingerprint density at radius 1 is 1.04 bits per heavy atom. The highest BCUT2D eigenvalue weighted by molar-refractivity contribution is 5.97. The van der Waals surface area contributed by atoms with Crippen molar-refractivity contribution in [3.63, 3.8) is 0 Å². The molecule has 2 amide bonds. The zero-order valence-electron chi connectivity index (χ0n) is 13.5. The maximum Gasteiger partial charge on any atom is 0.338 e. The standard InChI is InChI=1S/C18H18N2O4/c1-11-3-8-15(12(2)9-11)18(23)24-10-16(21)20-14-6-4-13(5-7-14)17(19)22/h3-9H,10H2,1-2H3,(H2,19,22)(H,20,21). The van der Waals surface area contributed by atoms with Gasteiger partial charge in [-0.2, -0.15) is 0 Å². The molecule has 6 nitrogen and oxygen atoms in total. The van der Waals surface area contributed by atoms with Gasteiger partial charge < -0.3 is 15.8 Å². The summed E-state index contributed by atoms with van der Waals surface area (Å²) in [6, 6.07) is 11.4. The van der Waals surface area contributed by atoms with Gasteiger partial charge in [0.15, 0.2) is 6.61 Å². The molecular weight excluding hydrogens is 308 g/mol. The molecule has 0 aliphatic rings. The van der Waals surface area contributed by atoms with E-state index in [0.29, 0.717) is 16.8 Å². The zero-order chi connectivity index (χ0) is 17.7. The molecule has 0 spiro atoms. The first-order valence-electron chi connectivity index (χ1n) is 7.31. The SMILES string of the molecule is Cc1ccc(C(=O)OCC(=O)Nc2ccc(C(N)=O)cc2)c(C)c1. The van der Waals surface area contributed by atoms with Gasteiger partial charge in [-0.05, 0) is 49.7 Å². The van der Waals surface area contributed by atoms with Gasteiger partial charge in [0, 0.05) is 11.3 Å². The van der Waals surface area contributed by atoms with E-state index in [1.165, 1.54) is 12.1 Å². The van der Waals surface area contributed by atoms with Gasteiger partial charge in [-0.25, -0.2) is 4.79 Å². The maximum atomic E-state index is 12.0. The Kier molecular flexibility index (Phi) is 5.31. The van der Waals surface area contributed by atoms with E-state index in [-0.39, 0.29) is 0 Å². The number of ether oxygens (including phenoxy) is 1. The number of hydrogen-bond acceptors (Lipinski definition) is 4. The third kappa shape index (κ3) is 4.42. The summed E-state index contributed by atoms with van der Waals surface area (Å²) in [5.41, 5.74) is 8.23. The Labute approximate surface area is 139 Å². The summed E-state index contributed by atoms with van der Waals surface area (Å²) in [5.74, 6) is -1.57. The quantitative estimate of drug-likeness (QED) is 0.823. The van der Waals surface area contributed by atoms with Crippen molar-refractivity contribution in [2.24, 2.45) is 5.73 Å². The van der Waals surface area contributed by atoms with E-state index >= 15 is 0 Å². The van der Waals surface area contributed by atoms with Crippen molar-refractivity contribution >= 4 is 23.5 Å². The predicted molar refractivity (Wildman–Crippen MR) is 89.8 cm³/mol. The molecule has 0 aliphatic heterocycles. The van der Waals surface area contributed by atoms with Gasteiger partial charge in [0.2, 0.25) is 5.91 Å². The lowest BCUT2D eigenvalue weighted by molar-refractivity contribution is -0.119.